The van der Waals surface area contributed by atoms with Crippen LogP contribution in [0, 0.1) is 5.92 Å². The van der Waals surface area contributed by atoms with Gasteiger partial charge in [0.25, 0.3) is 0 Å². The van der Waals surface area contributed by atoms with Crippen molar-refractivity contribution >= 4 is 16.6 Å². The normalized spacial score (nSPS) is 22.8. The molecule has 1 fully saturated rings. The molecule has 2 unspecified atom stereocenters. The molecule has 0 bridgehead atoms. The van der Waals surface area contributed by atoms with Gasteiger partial charge in [-0.15, -0.1) is 0 Å². The average molecular weight is 255 g/mol. The third kappa shape index (κ3) is 2.15. The molecule has 3 rings (SSSR count). The highest BCUT2D eigenvalue weighted by Gasteiger charge is 2.33. The van der Waals surface area contributed by atoms with Gasteiger partial charge in [0.15, 0.2) is 5.78 Å². The molecular formula is C16H17NO2. The van der Waals surface area contributed by atoms with Gasteiger partial charge < -0.3 is 4.74 Å². The number of carbonyl (C=O) groups excluding carboxylic acids is 1. The minimum absolute atomic E-state index is 0.0161. The van der Waals surface area contributed by atoms with Gasteiger partial charge in [0.1, 0.15) is 0 Å². The first kappa shape index (κ1) is 12.3. The van der Waals surface area contributed by atoms with Crippen molar-refractivity contribution in [3.63, 3.8) is 0 Å². The van der Waals surface area contributed by atoms with Crippen LogP contribution < -0.4 is 0 Å². The zero-order chi connectivity index (χ0) is 13.2. The topological polar surface area (TPSA) is 39.2 Å². The molecule has 2 aromatic rings. The minimum Gasteiger partial charge on any atom is -0.377 e. The summed E-state index contributed by atoms with van der Waals surface area (Å²) in [7, 11) is 0. The summed E-state index contributed by atoms with van der Waals surface area (Å²) in [6.45, 7) is 2.75. The van der Waals surface area contributed by atoms with Crippen LogP contribution in [-0.4, -0.2) is 23.5 Å². The molecule has 0 N–H and O–H groups in total. The van der Waals surface area contributed by atoms with E-state index in [1.165, 1.54) is 0 Å². The molecule has 98 valence electrons. The number of ether oxygens (including phenoxy) is 1. The number of aromatic nitrogens is 1. The maximum atomic E-state index is 12.7. The fraction of sp³-hybridized carbons (Fsp3) is 0.375. The largest absolute Gasteiger partial charge is 0.377 e. The molecule has 0 saturated carbocycles. The molecule has 1 saturated heterocycles. The Morgan fingerprint density at radius 2 is 2.21 bits per heavy atom. The molecule has 19 heavy (non-hydrogen) atoms. The zero-order valence-corrected chi connectivity index (χ0v) is 11.0. The van der Waals surface area contributed by atoms with Crippen LogP contribution in [0.5, 0.6) is 0 Å². The van der Waals surface area contributed by atoms with Crippen LogP contribution in [0.3, 0.4) is 0 Å². The van der Waals surface area contributed by atoms with Gasteiger partial charge in [-0.25, -0.2) is 0 Å². The van der Waals surface area contributed by atoms with Crippen LogP contribution in [0.2, 0.25) is 0 Å². The number of rotatable bonds is 3. The van der Waals surface area contributed by atoms with Crippen molar-refractivity contribution in [2.24, 2.45) is 5.92 Å². The molecule has 2 heterocycles. The first-order chi connectivity index (χ1) is 9.31. The highest BCUT2D eigenvalue weighted by molar-refractivity contribution is 6.08. The summed E-state index contributed by atoms with van der Waals surface area (Å²) >= 11 is 0. The van der Waals surface area contributed by atoms with Gasteiger partial charge in [0, 0.05) is 30.0 Å². The second-order valence-corrected chi connectivity index (χ2v) is 4.99. The highest BCUT2D eigenvalue weighted by atomic mass is 16.5. The lowest BCUT2D eigenvalue weighted by Crippen LogP contribution is -2.24. The monoisotopic (exact) mass is 255 g/mol. The fourth-order valence-electron chi connectivity index (χ4n) is 2.86. The maximum Gasteiger partial charge on any atom is 0.170 e. The summed E-state index contributed by atoms with van der Waals surface area (Å²) in [5, 5.41) is 2.00. The Balaban J connectivity index is 2.02. The van der Waals surface area contributed by atoms with Gasteiger partial charge in [-0.1, -0.05) is 31.2 Å². The molecule has 1 aliphatic heterocycles. The number of benzene rings is 1. The SMILES string of the molecule is CCC1OCCC1C(=O)c1cncc2ccccc12. The number of ketones is 1. The van der Waals surface area contributed by atoms with Crippen molar-refractivity contribution in [2.45, 2.75) is 25.9 Å². The van der Waals surface area contributed by atoms with Crippen LogP contribution in [0.1, 0.15) is 30.1 Å². The van der Waals surface area contributed by atoms with Crippen molar-refractivity contribution in [3.8, 4) is 0 Å². The van der Waals surface area contributed by atoms with Crippen molar-refractivity contribution in [1.82, 2.24) is 4.98 Å². The van der Waals surface area contributed by atoms with Crippen LogP contribution in [0.25, 0.3) is 10.8 Å². The molecule has 0 radical (unpaired) electrons. The summed E-state index contributed by atoms with van der Waals surface area (Å²) in [5.41, 5.74) is 0.729. The maximum absolute atomic E-state index is 12.7. The number of pyridine rings is 1. The van der Waals surface area contributed by atoms with Crippen molar-refractivity contribution in [2.75, 3.05) is 6.61 Å². The van der Waals surface area contributed by atoms with Gasteiger partial charge in [0.05, 0.1) is 12.0 Å². The van der Waals surface area contributed by atoms with E-state index in [1.807, 2.05) is 24.3 Å². The summed E-state index contributed by atoms with van der Waals surface area (Å²) in [6.07, 6.45) is 5.26. The van der Waals surface area contributed by atoms with E-state index in [0.29, 0.717) is 6.61 Å². The van der Waals surface area contributed by atoms with Gasteiger partial charge >= 0.3 is 0 Å². The molecule has 0 aliphatic carbocycles. The first-order valence-corrected chi connectivity index (χ1v) is 6.80. The quantitative estimate of drug-likeness (QED) is 0.790. The second kappa shape index (κ2) is 5.10. The van der Waals surface area contributed by atoms with Gasteiger partial charge in [-0.05, 0) is 18.2 Å². The van der Waals surface area contributed by atoms with E-state index in [4.69, 9.17) is 4.74 Å². The Morgan fingerprint density at radius 3 is 3.05 bits per heavy atom. The average Bonchev–Trinajstić information content (AvgIpc) is 2.94. The number of Topliss-reactive ketones (excluding diaryl/α,β-unsaturated/α-hetero) is 1. The van der Waals surface area contributed by atoms with Crippen LogP contribution in [-0.2, 0) is 4.74 Å². The van der Waals surface area contributed by atoms with E-state index in [9.17, 15) is 4.79 Å². The standard InChI is InChI=1S/C16H17NO2/c1-2-15-13(7-8-19-15)16(18)14-10-17-9-11-5-3-4-6-12(11)14/h3-6,9-10,13,15H,2,7-8H2,1H3. The Morgan fingerprint density at radius 1 is 1.37 bits per heavy atom. The van der Waals surface area contributed by atoms with E-state index in [-0.39, 0.29) is 17.8 Å². The van der Waals surface area contributed by atoms with Crippen molar-refractivity contribution < 1.29 is 9.53 Å². The zero-order valence-electron chi connectivity index (χ0n) is 11.0. The Labute approximate surface area is 112 Å². The number of hydrogen-bond acceptors (Lipinski definition) is 3. The summed E-state index contributed by atoms with van der Waals surface area (Å²) in [6, 6.07) is 7.90. The van der Waals surface area contributed by atoms with E-state index >= 15 is 0 Å². The third-order valence-corrected chi connectivity index (χ3v) is 3.88. The lowest BCUT2D eigenvalue weighted by molar-refractivity contribution is 0.0690. The van der Waals surface area contributed by atoms with E-state index in [2.05, 4.69) is 11.9 Å². The fourth-order valence-corrected chi connectivity index (χ4v) is 2.86. The van der Waals surface area contributed by atoms with Crippen molar-refractivity contribution in [1.29, 1.82) is 0 Å². The Kier molecular flexibility index (Phi) is 3.30. The molecule has 0 spiro atoms. The van der Waals surface area contributed by atoms with Crippen molar-refractivity contribution in [3.05, 3.63) is 42.2 Å². The third-order valence-electron chi connectivity index (χ3n) is 3.88. The summed E-state index contributed by atoms with van der Waals surface area (Å²) < 4.78 is 5.63. The molecule has 0 amide bonds. The Bertz CT molecular complexity index is 603. The molecule has 3 nitrogen and oxygen atoms in total. The number of hydrogen-bond donors (Lipinski definition) is 0. The summed E-state index contributed by atoms with van der Waals surface area (Å²) in [4.78, 5) is 16.9. The van der Waals surface area contributed by atoms with Gasteiger partial charge in [-0.2, -0.15) is 0 Å². The van der Waals surface area contributed by atoms with E-state index < -0.39 is 0 Å². The number of nitrogens with zero attached hydrogens (tertiary/aromatic N) is 1. The van der Waals surface area contributed by atoms with Gasteiger partial charge in [-0.3, -0.25) is 9.78 Å². The molecule has 1 aromatic heterocycles. The smallest absolute Gasteiger partial charge is 0.170 e. The predicted molar refractivity (Wildman–Crippen MR) is 74.2 cm³/mol. The predicted octanol–water partition coefficient (Wildman–Crippen LogP) is 3.23. The van der Waals surface area contributed by atoms with Crippen LogP contribution >= 0.6 is 0 Å². The highest BCUT2D eigenvalue weighted by Crippen LogP contribution is 2.29. The van der Waals surface area contributed by atoms with E-state index in [1.54, 1.807) is 12.4 Å². The lowest BCUT2D eigenvalue weighted by Gasteiger charge is -2.16. The van der Waals surface area contributed by atoms with Crippen LogP contribution in [0.4, 0.5) is 0 Å². The second-order valence-electron chi connectivity index (χ2n) is 4.99. The number of carbonyl (C=O) groups is 1. The minimum atomic E-state index is -0.0161. The first-order valence-electron chi connectivity index (χ1n) is 6.80. The van der Waals surface area contributed by atoms with E-state index in [0.717, 1.165) is 29.2 Å². The Hall–Kier alpha value is -1.74. The van der Waals surface area contributed by atoms with Gasteiger partial charge in [0.2, 0.25) is 0 Å². The summed E-state index contributed by atoms with van der Waals surface area (Å²) in [5.74, 6) is 0.159. The van der Waals surface area contributed by atoms with Crippen LogP contribution in [0.15, 0.2) is 36.7 Å². The lowest BCUT2D eigenvalue weighted by atomic mass is 9.89. The molecular weight excluding hydrogens is 238 g/mol. The number of fused-ring (bicyclic) bond motifs is 1. The molecule has 2 atom stereocenters. The molecule has 1 aromatic carbocycles. The molecule has 1 aliphatic rings. The molecule has 3 heteroatoms.